The van der Waals surface area contributed by atoms with Gasteiger partial charge in [-0.15, -0.1) is 0 Å². The Labute approximate surface area is 149 Å². The normalized spacial score (nSPS) is 26.6. The molecule has 2 atom stereocenters. The first kappa shape index (κ1) is 18.2. The number of hydrogen-bond donors (Lipinski definition) is 0. The number of nitrogens with zero attached hydrogens (tertiary/aromatic N) is 3. The van der Waals surface area contributed by atoms with Crippen LogP contribution in [0.4, 0.5) is 0 Å². The fraction of sp³-hybridized carbons (Fsp3) is 0.556. The first-order valence-corrected chi connectivity index (χ1v) is 10.5. The molecule has 1 saturated heterocycles. The van der Waals surface area contributed by atoms with Gasteiger partial charge in [-0.05, 0) is 50.3 Å². The molecule has 1 spiro atoms. The average molecular weight is 363 g/mol. The third kappa shape index (κ3) is 4.16. The first-order chi connectivity index (χ1) is 11.9. The summed E-state index contributed by atoms with van der Waals surface area (Å²) < 4.78 is 27.3. The van der Waals surface area contributed by atoms with Crippen molar-refractivity contribution in [2.45, 2.75) is 44.2 Å². The summed E-state index contributed by atoms with van der Waals surface area (Å²) in [6.07, 6.45) is 12.7. The number of aryl methyl sites for hydroxylation is 1. The lowest BCUT2D eigenvalue weighted by atomic mass is 9.82. The highest BCUT2D eigenvalue weighted by Crippen LogP contribution is 2.41. The molecule has 1 unspecified atom stereocenters. The fourth-order valence-corrected chi connectivity index (χ4v) is 4.23. The number of aromatic nitrogens is 1. The maximum Gasteiger partial charge on any atom is 0.264 e. The van der Waals surface area contributed by atoms with Gasteiger partial charge in [0.15, 0.2) is 0 Å². The second-order valence-corrected chi connectivity index (χ2v) is 8.42. The third-order valence-electron chi connectivity index (χ3n) is 4.92. The second kappa shape index (κ2) is 7.35. The summed E-state index contributed by atoms with van der Waals surface area (Å²) in [6.45, 7) is 3.01. The van der Waals surface area contributed by atoms with Crippen LogP contribution >= 0.6 is 0 Å². The summed E-state index contributed by atoms with van der Waals surface area (Å²) in [4.78, 5) is 11.4. The van der Waals surface area contributed by atoms with Crippen LogP contribution in [0.2, 0.25) is 0 Å². The van der Waals surface area contributed by atoms with Gasteiger partial charge in [-0.1, -0.05) is 6.07 Å². The van der Waals surface area contributed by atoms with Crippen LogP contribution < -0.4 is 0 Å². The quantitative estimate of drug-likeness (QED) is 0.574. The third-order valence-corrected chi connectivity index (χ3v) is 5.51. The summed E-state index contributed by atoms with van der Waals surface area (Å²) in [5, 5.41) is 0. The van der Waals surface area contributed by atoms with Gasteiger partial charge < -0.3 is 0 Å². The Bertz CT molecular complexity index is 762. The highest BCUT2D eigenvalue weighted by Gasteiger charge is 2.42. The van der Waals surface area contributed by atoms with E-state index < -0.39 is 10.1 Å². The van der Waals surface area contributed by atoms with Crippen LogP contribution in [0.15, 0.2) is 35.6 Å². The van der Waals surface area contributed by atoms with E-state index >= 15 is 0 Å². The van der Waals surface area contributed by atoms with E-state index in [2.05, 4.69) is 33.9 Å². The Hall–Kier alpha value is -1.57. The van der Waals surface area contributed by atoms with Crippen LogP contribution in [0.5, 0.6) is 0 Å². The smallest absolute Gasteiger partial charge is 0.264 e. The molecule has 1 aromatic rings. The molecule has 0 amide bonds. The van der Waals surface area contributed by atoms with Crippen molar-refractivity contribution in [2.75, 3.05) is 19.4 Å². The summed E-state index contributed by atoms with van der Waals surface area (Å²) in [7, 11) is -3.40. The van der Waals surface area contributed by atoms with E-state index in [0.29, 0.717) is 6.42 Å². The van der Waals surface area contributed by atoms with Crippen molar-refractivity contribution >= 4 is 16.3 Å². The van der Waals surface area contributed by atoms with Gasteiger partial charge in [0.25, 0.3) is 10.1 Å². The minimum absolute atomic E-state index is 0.195. The Morgan fingerprint density at radius 2 is 2.28 bits per heavy atom. The number of piperidine rings is 1. The molecule has 25 heavy (non-hydrogen) atoms. The van der Waals surface area contributed by atoms with Crippen LogP contribution in [0.1, 0.15) is 43.0 Å². The first-order valence-electron chi connectivity index (χ1n) is 8.66. The summed E-state index contributed by atoms with van der Waals surface area (Å²) >= 11 is 0. The maximum absolute atomic E-state index is 11.2. The van der Waals surface area contributed by atoms with Crippen molar-refractivity contribution in [1.82, 2.24) is 9.88 Å². The van der Waals surface area contributed by atoms with Gasteiger partial charge in [-0.2, -0.15) is 8.42 Å². The molecule has 7 heteroatoms. The molecule has 1 fully saturated rings. The van der Waals surface area contributed by atoms with Gasteiger partial charge in [0.1, 0.15) is 0 Å². The number of aliphatic imine (C=N–C) groups is 1. The standard InChI is InChI=1S/C18H25N3O3S/c1-15-6-4-10-20-17(15)16-7-3-8-18(9-11-19-14-18)21(16)12-5-13-24-25(2,22)23/h4,6,9-11,14,16H,3,5,7-8,12-13H2,1-2H3/t16-,18?/m1/s1. The number of rotatable bonds is 6. The molecule has 0 aliphatic carbocycles. The molecule has 1 aromatic heterocycles. The van der Waals surface area contributed by atoms with E-state index in [1.807, 2.05) is 24.7 Å². The molecule has 6 nitrogen and oxygen atoms in total. The lowest BCUT2D eigenvalue weighted by Crippen LogP contribution is -2.53. The van der Waals surface area contributed by atoms with E-state index in [-0.39, 0.29) is 18.2 Å². The molecule has 0 radical (unpaired) electrons. The van der Waals surface area contributed by atoms with Crippen molar-refractivity contribution in [2.24, 2.45) is 4.99 Å². The molecule has 0 N–H and O–H groups in total. The van der Waals surface area contributed by atoms with Crippen LogP contribution in [0.25, 0.3) is 0 Å². The molecule has 3 heterocycles. The Balaban J connectivity index is 1.82. The summed E-state index contributed by atoms with van der Waals surface area (Å²) in [6, 6.07) is 4.24. The lowest BCUT2D eigenvalue weighted by molar-refractivity contribution is 0.0691. The van der Waals surface area contributed by atoms with Gasteiger partial charge in [0, 0.05) is 25.2 Å². The van der Waals surface area contributed by atoms with E-state index in [1.54, 1.807) is 0 Å². The van der Waals surface area contributed by atoms with Crippen molar-refractivity contribution in [3.8, 4) is 0 Å². The van der Waals surface area contributed by atoms with Crippen LogP contribution in [0, 0.1) is 6.92 Å². The van der Waals surface area contributed by atoms with Gasteiger partial charge in [-0.25, -0.2) is 0 Å². The topological polar surface area (TPSA) is 71.9 Å². The molecular weight excluding hydrogens is 338 g/mol. The fourth-order valence-electron chi connectivity index (χ4n) is 3.81. The van der Waals surface area contributed by atoms with Gasteiger partial charge >= 0.3 is 0 Å². The lowest BCUT2D eigenvalue weighted by Gasteiger charge is -2.47. The molecule has 136 valence electrons. The van der Waals surface area contributed by atoms with E-state index in [4.69, 9.17) is 4.18 Å². The van der Waals surface area contributed by atoms with Crippen LogP contribution in [-0.2, 0) is 14.3 Å². The number of pyridine rings is 1. The van der Waals surface area contributed by atoms with E-state index in [9.17, 15) is 8.42 Å². The predicted molar refractivity (Wildman–Crippen MR) is 98.0 cm³/mol. The highest BCUT2D eigenvalue weighted by atomic mass is 32.2. The molecule has 0 aromatic carbocycles. The van der Waals surface area contributed by atoms with Crippen LogP contribution in [-0.4, -0.2) is 49.5 Å². The zero-order valence-electron chi connectivity index (χ0n) is 14.8. The van der Waals surface area contributed by atoms with Crippen molar-refractivity contribution in [1.29, 1.82) is 0 Å². The SMILES string of the molecule is Cc1cccnc1[C@H]1CCCC2(C=CN=C2)N1CCCOS(C)(=O)=O. The van der Waals surface area contributed by atoms with Crippen molar-refractivity contribution in [3.63, 3.8) is 0 Å². The highest BCUT2D eigenvalue weighted by molar-refractivity contribution is 7.85. The minimum atomic E-state index is -3.40. The average Bonchev–Trinajstić information content (AvgIpc) is 3.01. The molecule has 0 saturated carbocycles. The number of hydrogen-bond acceptors (Lipinski definition) is 6. The Kier molecular flexibility index (Phi) is 5.36. The molecule has 3 rings (SSSR count). The van der Waals surface area contributed by atoms with Crippen molar-refractivity contribution < 1.29 is 12.6 Å². The number of likely N-dealkylation sites (tertiary alicyclic amines) is 1. The van der Waals surface area contributed by atoms with Gasteiger partial charge in [-0.3, -0.25) is 19.1 Å². The van der Waals surface area contributed by atoms with Gasteiger partial charge in [0.05, 0.1) is 30.1 Å². The largest absolute Gasteiger partial charge is 0.281 e. The molecular formula is C18H25N3O3S. The van der Waals surface area contributed by atoms with Crippen molar-refractivity contribution in [3.05, 3.63) is 41.9 Å². The Morgan fingerprint density at radius 3 is 2.96 bits per heavy atom. The van der Waals surface area contributed by atoms with Crippen LogP contribution in [0.3, 0.4) is 0 Å². The summed E-state index contributed by atoms with van der Waals surface area (Å²) in [5.41, 5.74) is 2.08. The molecule has 0 bridgehead atoms. The Morgan fingerprint density at radius 1 is 1.44 bits per heavy atom. The maximum atomic E-state index is 11.2. The zero-order valence-corrected chi connectivity index (χ0v) is 15.6. The zero-order chi connectivity index (χ0) is 17.9. The summed E-state index contributed by atoms with van der Waals surface area (Å²) in [5.74, 6) is 0. The molecule has 2 aliphatic rings. The predicted octanol–water partition coefficient (Wildman–Crippen LogP) is 2.62. The monoisotopic (exact) mass is 363 g/mol. The minimum Gasteiger partial charge on any atom is -0.281 e. The van der Waals surface area contributed by atoms with E-state index in [0.717, 1.165) is 37.8 Å². The molecule has 2 aliphatic heterocycles. The van der Waals surface area contributed by atoms with E-state index in [1.165, 1.54) is 5.56 Å². The van der Waals surface area contributed by atoms with Gasteiger partial charge in [0.2, 0.25) is 0 Å². The second-order valence-electron chi connectivity index (χ2n) is 6.77.